The summed E-state index contributed by atoms with van der Waals surface area (Å²) in [7, 11) is 0. The number of amides is 1. The summed E-state index contributed by atoms with van der Waals surface area (Å²) in [6, 6.07) is 7.39. The van der Waals surface area contributed by atoms with Crippen LogP contribution in [0.3, 0.4) is 0 Å². The van der Waals surface area contributed by atoms with Gasteiger partial charge in [-0.2, -0.15) is 10.4 Å². The van der Waals surface area contributed by atoms with Crippen molar-refractivity contribution in [2.24, 2.45) is 0 Å². The second kappa shape index (κ2) is 8.19. The number of halogens is 1. The number of carbonyl (C=O) groups excluding carboxylic acids is 1. The van der Waals surface area contributed by atoms with Gasteiger partial charge in [0.2, 0.25) is 5.91 Å². The lowest BCUT2D eigenvalue weighted by atomic mass is 9.99. The van der Waals surface area contributed by atoms with Gasteiger partial charge < -0.3 is 10.3 Å². The molecular formula is C19H17BrN6O2. The summed E-state index contributed by atoms with van der Waals surface area (Å²) in [6.45, 7) is 3.49. The highest BCUT2D eigenvalue weighted by molar-refractivity contribution is 9.10. The number of benzene rings is 1. The van der Waals surface area contributed by atoms with Gasteiger partial charge in [0.1, 0.15) is 24.3 Å². The molecule has 0 aliphatic heterocycles. The fraction of sp³-hybridized carbons (Fsp3) is 0.211. The molecule has 8 nitrogen and oxygen atoms in total. The maximum absolute atomic E-state index is 12.6. The molecule has 0 radical (unpaired) electrons. The topological polar surface area (TPSA) is 116 Å². The number of nitriles is 1. The van der Waals surface area contributed by atoms with E-state index in [-0.39, 0.29) is 17.9 Å². The molecule has 3 rings (SSSR count). The van der Waals surface area contributed by atoms with Gasteiger partial charge in [-0.25, -0.2) is 9.67 Å². The largest absolute Gasteiger partial charge is 0.325 e. The minimum atomic E-state index is -0.405. The van der Waals surface area contributed by atoms with Crippen molar-refractivity contribution in [3.05, 3.63) is 68.1 Å². The van der Waals surface area contributed by atoms with E-state index in [9.17, 15) is 9.59 Å². The van der Waals surface area contributed by atoms with Gasteiger partial charge in [0.25, 0.3) is 5.56 Å². The molecule has 3 aromatic rings. The first-order valence-electron chi connectivity index (χ1n) is 8.47. The molecule has 0 atom stereocenters. The molecule has 0 unspecified atom stereocenters. The third kappa shape index (κ3) is 4.02. The van der Waals surface area contributed by atoms with Gasteiger partial charge in [0, 0.05) is 16.6 Å². The average molecular weight is 441 g/mol. The molecule has 1 aromatic carbocycles. The maximum Gasteiger partial charge on any atom is 0.266 e. The van der Waals surface area contributed by atoms with Crippen LogP contribution < -0.4 is 10.9 Å². The number of rotatable bonds is 5. The van der Waals surface area contributed by atoms with E-state index in [1.807, 2.05) is 18.2 Å². The minimum Gasteiger partial charge on any atom is -0.325 e. The number of nitrogens with zero attached hydrogens (tertiary/aromatic N) is 4. The van der Waals surface area contributed by atoms with Gasteiger partial charge in [-0.15, -0.1) is 0 Å². The highest BCUT2D eigenvalue weighted by atomic mass is 79.9. The summed E-state index contributed by atoms with van der Waals surface area (Å²) in [5, 5.41) is 16.2. The molecule has 1 amide bonds. The zero-order valence-electron chi connectivity index (χ0n) is 15.3. The lowest BCUT2D eigenvalue weighted by molar-refractivity contribution is -0.116. The van der Waals surface area contributed by atoms with E-state index in [0.717, 1.165) is 10.0 Å². The highest BCUT2D eigenvalue weighted by Gasteiger charge is 2.15. The van der Waals surface area contributed by atoms with Crippen molar-refractivity contribution < 1.29 is 4.79 Å². The minimum absolute atomic E-state index is 0.0847. The first kappa shape index (κ1) is 19.5. The van der Waals surface area contributed by atoms with Crippen molar-refractivity contribution in [3.63, 3.8) is 0 Å². The Kier molecular flexibility index (Phi) is 5.70. The van der Waals surface area contributed by atoms with Crippen LogP contribution in [0.15, 0.2) is 40.1 Å². The average Bonchev–Trinajstić information content (AvgIpc) is 3.16. The van der Waals surface area contributed by atoms with E-state index in [4.69, 9.17) is 5.26 Å². The third-order valence-electron chi connectivity index (χ3n) is 4.42. The molecule has 142 valence electrons. The molecule has 0 aliphatic rings. The number of aryl methyl sites for hydroxylation is 1. The molecule has 0 saturated carbocycles. The predicted octanol–water partition coefficient (Wildman–Crippen LogP) is 2.78. The van der Waals surface area contributed by atoms with Crippen LogP contribution in [-0.2, 0) is 11.2 Å². The smallest absolute Gasteiger partial charge is 0.266 e. The van der Waals surface area contributed by atoms with E-state index in [1.54, 1.807) is 30.9 Å². The number of carbonyl (C=O) groups is 1. The van der Waals surface area contributed by atoms with Gasteiger partial charge in [-0.3, -0.25) is 9.59 Å². The second-order valence-corrected chi connectivity index (χ2v) is 7.13. The zero-order valence-corrected chi connectivity index (χ0v) is 16.9. The number of aromatic nitrogens is 4. The number of H-pyrrole nitrogens is 1. The maximum atomic E-state index is 12.6. The molecular weight excluding hydrogens is 424 g/mol. The quantitative estimate of drug-likeness (QED) is 0.632. The monoisotopic (exact) mass is 440 g/mol. The molecule has 2 heterocycles. The Morgan fingerprint density at radius 2 is 2.18 bits per heavy atom. The SMILES string of the molecule is Cc1[nH]c(=O)c(C#N)c(C)c1CCC(=O)Nc1cc(Br)ccc1-n1cncn1. The van der Waals surface area contributed by atoms with Crippen molar-refractivity contribution in [2.75, 3.05) is 5.32 Å². The van der Waals surface area contributed by atoms with Crippen LogP contribution in [0.4, 0.5) is 5.69 Å². The molecule has 2 N–H and O–H groups in total. The van der Waals surface area contributed by atoms with Gasteiger partial charge in [0.05, 0.1) is 11.4 Å². The van der Waals surface area contributed by atoms with Crippen molar-refractivity contribution in [3.8, 4) is 11.8 Å². The van der Waals surface area contributed by atoms with Crippen LogP contribution in [-0.4, -0.2) is 25.7 Å². The summed E-state index contributed by atoms with van der Waals surface area (Å²) in [4.78, 5) is 31.0. The highest BCUT2D eigenvalue weighted by Crippen LogP contribution is 2.24. The number of hydrogen-bond acceptors (Lipinski definition) is 5. The van der Waals surface area contributed by atoms with Crippen molar-refractivity contribution in [2.45, 2.75) is 26.7 Å². The van der Waals surface area contributed by atoms with E-state index < -0.39 is 5.56 Å². The number of nitrogens with one attached hydrogen (secondary N) is 2. The Balaban J connectivity index is 1.79. The van der Waals surface area contributed by atoms with E-state index in [1.165, 1.54) is 6.33 Å². The Bertz CT molecular complexity index is 1130. The van der Waals surface area contributed by atoms with Crippen molar-refractivity contribution in [1.82, 2.24) is 19.7 Å². The Morgan fingerprint density at radius 1 is 1.39 bits per heavy atom. The first-order chi connectivity index (χ1) is 13.4. The Morgan fingerprint density at radius 3 is 2.86 bits per heavy atom. The molecule has 9 heteroatoms. The van der Waals surface area contributed by atoms with Crippen LogP contribution in [0, 0.1) is 25.2 Å². The molecule has 0 aliphatic carbocycles. The van der Waals surface area contributed by atoms with Crippen LogP contribution in [0.1, 0.15) is 28.8 Å². The summed E-state index contributed by atoms with van der Waals surface area (Å²) < 4.78 is 2.38. The van der Waals surface area contributed by atoms with E-state index in [0.29, 0.717) is 29.1 Å². The standard InChI is InChI=1S/C19H17BrN6O2/c1-11-14(12(2)24-19(28)15(11)8-21)4-6-18(27)25-16-7-13(20)3-5-17(16)26-10-22-9-23-26/h3,5,7,9-10H,4,6H2,1-2H3,(H,24,28)(H,25,27). The van der Waals surface area contributed by atoms with Crippen molar-refractivity contribution >= 4 is 27.5 Å². The summed E-state index contributed by atoms with van der Waals surface area (Å²) in [5.74, 6) is -0.192. The third-order valence-corrected chi connectivity index (χ3v) is 4.91. The number of aromatic amines is 1. The van der Waals surface area contributed by atoms with Crippen LogP contribution in [0.5, 0.6) is 0 Å². The van der Waals surface area contributed by atoms with Crippen molar-refractivity contribution in [1.29, 1.82) is 5.26 Å². The molecule has 2 aromatic heterocycles. The van der Waals surface area contributed by atoms with E-state index in [2.05, 4.69) is 36.3 Å². The van der Waals surface area contributed by atoms with Gasteiger partial charge in [0.15, 0.2) is 0 Å². The zero-order chi connectivity index (χ0) is 20.3. The number of anilines is 1. The number of pyridine rings is 1. The van der Waals surface area contributed by atoms with Crippen LogP contribution >= 0.6 is 15.9 Å². The Labute approximate surface area is 169 Å². The molecule has 0 saturated heterocycles. The number of hydrogen-bond donors (Lipinski definition) is 2. The van der Waals surface area contributed by atoms with Crippen LogP contribution in [0.25, 0.3) is 5.69 Å². The summed E-state index contributed by atoms with van der Waals surface area (Å²) in [6.07, 6.45) is 3.57. The molecule has 0 bridgehead atoms. The molecule has 28 heavy (non-hydrogen) atoms. The second-order valence-electron chi connectivity index (χ2n) is 6.22. The van der Waals surface area contributed by atoms with Gasteiger partial charge in [-0.1, -0.05) is 15.9 Å². The summed E-state index contributed by atoms with van der Waals surface area (Å²) >= 11 is 3.41. The van der Waals surface area contributed by atoms with Gasteiger partial charge >= 0.3 is 0 Å². The first-order valence-corrected chi connectivity index (χ1v) is 9.27. The fourth-order valence-electron chi connectivity index (χ4n) is 3.01. The van der Waals surface area contributed by atoms with Crippen LogP contribution in [0.2, 0.25) is 0 Å². The normalized spacial score (nSPS) is 10.5. The van der Waals surface area contributed by atoms with Gasteiger partial charge in [-0.05, 0) is 49.6 Å². The van der Waals surface area contributed by atoms with E-state index >= 15 is 0 Å². The lowest BCUT2D eigenvalue weighted by Gasteiger charge is -2.13. The molecule has 0 fully saturated rings. The lowest BCUT2D eigenvalue weighted by Crippen LogP contribution is -2.19. The fourth-order valence-corrected chi connectivity index (χ4v) is 3.37. The summed E-state index contributed by atoms with van der Waals surface area (Å²) in [5.41, 5.74) is 3.05. The predicted molar refractivity (Wildman–Crippen MR) is 107 cm³/mol. The molecule has 0 spiro atoms. The Hall–Kier alpha value is -3.25.